The molecule has 0 fully saturated rings. The van der Waals surface area contributed by atoms with Crippen molar-refractivity contribution < 1.29 is 19.1 Å². The second kappa shape index (κ2) is 18.8. The van der Waals surface area contributed by atoms with Crippen LogP contribution in [0.2, 0.25) is 51.4 Å². The minimum absolute atomic E-state index is 0.159. The zero-order chi connectivity index (χ0) is 43.4. The number of amides is 2. The average molecular weight is 916 g/mol. The number of aromatic nitrogens is 7. The van der Waals surface area contributed by atoms with Crippen LogP contribution in [0.15, 0.2) is 23.1 Å². The van der Waals surface area contributed by atoms with E-state index in [2.05, 4.69) is 85.5 Å². The number of anilines is 2. The Balaban J connectivity index is 0.000000262. The van der Waals surface area contributed by atoms with Crippen molar-refractivity contribution in [1.82, 2.24) is 44.1 Å². The lowest BCUT2D eigenvalue weighted by Crippen LogP contribution is -2.40. The van der Waals surface area contributed by atoms with Crippen molar-refractivity contribution in [2.24, 2.45) is 0 Å². The highest BCUT2D eigenvalue weighted by Crippen LogP contribution is 2.27. The fraction of sp³-hybridized carbons (Fsp3) is 0.575. The molecule has 3 N–H and O–H groups in total. The van der Waals surface area contributed by atoms with Gasteiger partial charge in [0.15, 0.2) is 17.1 Å². The number of halogens is 1. The van der Waals surface area contributed by atoms with Gasteiger partial charge in [-0.1, -0.05) is 39.3 Å². The van der Waals surface area contributed by atoms with Gasteiger partial charge in [0.25, 0.3) is 11.8 Å². The van der Waals surface area contributed by atoms with E-state index >= 15 is 0 Å². The lowest BCUT2D eigenvalue weighted by atomic mass is 10.1. The zero-order valence-electron chi connectivity index (χ0n) is 37.0. The number of hydrogen-bond donors (Lipinski definition) is 3. The van der Waals surface area contributed by atoms with Crippen LogP contribution >= 0.6 is 27.5 Å². The van der Waals surface area contributed by atoms with E-state index in [1.54, 1.807) is 12.4 Å². The number of ether oxygens (including phenoxy) is 2. The highest BCUT2D eigenvalue weighted by atomic mass is 79.9. The first-order valence-corrected chi connectivity index (χ1v) is 28.6. The van der Waals surface area contributed by atoms with Gasteiger partial charge >= 0.3 is 0 Å². The molecule has 318 valence electrons. The van der Waals surface area contributed by atoms with Crippen molar-refractivity contribution in [2.45, 2.75) is 138 Å². The average Bonchev–Trinajstić information content (AvgIpc) is 3.74. The first kappa shape index (κ1) is 47.1. The summed E-state index contributed by atoms with van der Waals surface area (Å²) in [4.78, 5) is 44.5. The summed E-state index contributed by atoms with van der Waals surface area (Å²) in [5.74, 6) is 0.276. The second-order valence-electron chi connectivity index (χ2n) is 19.2. The van der Waals surface area contributed by atoms with Crippen molar-refractivity contribution >= 4 is 88.6 Å². The van der Waals surface area contributed by atoms with E-state index < -0.39 is 16.1 Å². The molecule has 0 atom stereocenters. The Morgan fingerprint density at radius 2 is 1.17 bits per heavy atom. The minimum Gasteiger partial charge on any atom is -0.361 e. The fourth-order valence-corrected chi connectivity index (χ4v) is 7.84. The maximum absolute atomic E-state index is 13.1. The molecular weight excluding hydrogens is 853 g/mol. The van der Waals surface area contributed by atoms with Crippen LogP contribution in [-0.2, 0) is 22.9 Å². The Bertz CT molecular complexity index is 2230. The Hall–Kier alpha value is -3.56. The lowest BCUT2D eigenvalue weighted by Gasteiger charge is -2.20. The Morgan fingerprint density at radius 3 is 1.59 bits per heavy atom. The van der Waals surface area contributed by atoms with Crippen molar-refractivity contribution in [3.05, 3.63) is 51.3 Å². The van der Waals surface area contributed by atoms with Gasteiger partial charge in [-0.25, -0.2) is 19.9 Å². The van der Waals surface area contributed by atoms with Crippen LogP contribution in [0.3, 0.4) is 0 Å². The topological polar surface area (TPSA) is 163 Å². The minimum atomic E-state index is -1.18. The van der Waals surface area contributed by atoms with Crippen molar-refractivity contribution in [3.63, 3.8) is 0 Å². The maximum Gasteiger partial charge on any atom is 0.255 e. The van der Waals surface area contributed by atoms with Crippen molar-refractivity contribution in [2.75, 3.05) is 18.5 Å². The zero-order valence-corrected chi connectivity index (χ0v) is 41.4. The molecule has 0 saturated carbocycles. The normalized spacial score (nSPS) is 12.5. The first-order chi connectivity index (χ1) is 26.7. The largest absolute Gasteiger partial charge is 0.361 e. The van der Waals surface area contributed by atoms with Crippen molar-refractivity contribution in [3.8, 4) is 0 Å². The van der Waals surface area contributed by atoms with Gasteiger partial charge in [-0.15, -0.1) is 0 Å². The molecule has 2 amide bonds. The van der Waals surface area contributed by atoms with E-state index in [9.17, 15) is 9.59 Å². The molecular formula is C40H63BrN10O4SSi2. The predicted octanol–water partition coefficient (Wildman–Crippen LogP) is 9.43. The molecule has 0 radical (unpaired) electrons. The van der Waals surface area contributed by atoms with E-state index in [1.807, 2.05) is 77.5 Å². The van der Waals surface area contributed by atoms with Gasteiger partial charge in [0, 0.05) is 52.8 Å². The lowest BCUT2D eigenvalue weighted by molar-refractivity contribution is 0.0879. The van der Waals surface area contributed by atoms with Crippen LogP contribution in [0.4, 0.5) is 10.8 Å². The molecule has 0 unspecified atom stereocenters. The quantitative estimate of drug-likeness (QED) is 0.0723. The Kier molecular flexibility index (Phi) is 15.3. The highest BCUT2D eigenvalue weighted by Gasteiger charge is 2.25. The Morgan fingerprint density at radius 1 is 0.724 bits per heavy atom. The fourth-order valence-electron chi connectivity index (χ4n) is 5.40. The predicted molar refractivity (Wildman–Crippen MR) is 245 cm³/mol. The summed E-state index contributed by atoms with van der Waals surface area (Å²) < 4.78 is 20.5. The van der Waals surface area contributed by atoms with E-state index in [0.29, 0.717) is 70.6 Å². The third kappa shape index (κ3) is 14.0. The van der Waals surface area contributed by atoms with Gasteiger partial charge in [-0.05, 0) is 108 Å². The third-order valence-electron chi connectivity index (χ3n) is 8.46. The van der Waals surface area contributed by atoms with Crippen molar-refractivity contribution in [1.29, 1.82) is 0 Å². The molecule has 0 saturated heterocycles. The summed E-state index contributed by atoms with van der Waals surface area (Å²) in [5, 5.41) is 10.2. The third-order valence-corrected chi connectivity index (χ3v) is 13.4. The molecule has 0 aliphatic heterocycles. The van der Waals surface area contributed by atoms with Gasteiger partial charge in [-0.2, -0.15) is 4.37 Å². The highest BCUT2D eigenvalue weighted by molar-refractivity contribution is 9.10. The number of carbonyl (C=O) groups excluding carboxylic acids is 2. The number of aryl methyl sites for hydroxylation is 3. The molecule has 5 aromatic heterocycles. The molecule has 5 rings (SSSR count). The standard InChI is InChI=1S/C22H34N6O2SSi.C18H29BrN4O2Si/c1-14-11-17(31-27-14)24-19-15(2)23-20-18(25-19)16(21(29)26-22(3,4)5)12-28(20)13-30-9-10-32(6,7)8;1-12-15(19)21-14-13(17(24)22-18(2,3)4)10-23(16(14)20-12)11-25-8-9-26(5,6)7/h11-12H,9-10,13H2,1-8H3,(H,24,25)(H,26,29);10H,8-9,11H2,1-7H3,(H,22,24). The SMILES string of the molecule is Cc1cc(Nc2nc3c(C(=O)NC(C)(C)C)cn(COCC[Si](C)(C)C)c3nc2C)sn1.Cc1nc2c(nc1Br)c(C(=O)NC(C)(C)C)cn2COCC[Si](C)(C)C. The molecule has 5 heterocycles. The Labute approximate surface area is 358 Å². The van der Waals surface area contributed by atoms with Gasteiger partial charge < -0.3 is 34.6 Å². The smallest absolute Gasteiger partial charge is 0.255 e. The summed E-state index contributed by atoms with van der Waals surface area (Å²) in [5.41, 5.74) is 5.21. The van der Waals surface area contributed by atoms with E-state index in [-0.39, 0.29) is 22.9 Å². The van der Waals surface area contributed by atoms with Gasteiger partial charge in [-0.3, -0.25) is 9.59 Å². The summed E-state index contributed by atoms with van der Waals surface area (Å²) in [6.07, 6.45) is 3.58. The molecule has 58 heavy (non-hydrogen) atoms. The van der Waals surface area contributed by atoms with Gasteiger partial charge in [0.1, 0.15) is 34.1 Å². The second-order valence-corrected chi connectivity index (χ2v) is 32.0. The van der Waals surface area contributed by atoms with Crippen LogP contribution in [0.5, 0.6) is 0 Å². The summed E-state index contributed by atoms with van der Waals surface area (Å²) in [6.45, 7) is 33.5. The number of nitrogens with zero attached hydrogens (tertiary/aromatic N) is 7. The maximum atomic E-state index is 13.1. The summed E-state index contributed by atoms with van der Waals surface area (Å²) in [7, 11) is -2.32. The molecule has 0 aliphatic rings. The number of fused-ring (bicyclic) bond motifs is 2. The number of hydrogen-bond acceptors (Lipinski definition) is 11. The molecule has 18 heteroatoms. The molecule has 14 nitrogen and oxygen atoms in total. The van der Waals surface area contributed by atoms with Gasteiger partial charge in [0.2, 0.25) is 0 Å². The van der Waals surface area contributed by atoms with Crippen LogP contribution in [0, 0.1) is 20.8 Å². The molecule has 0 aromatic carbocycles. The van der Waals surface area contributed by atoms with E-state index in [0.717, 1.165) is 34.2 Å². The first-order valence-electron chi connectivity index (χ1n) is 19.6. The summed E-state index contributed by atoms with van der Waals surface area (Å²) >= 11 is 4.78. The monoisotopic (exact) mass is 914 g/mol. The number of carbonyl (C=O) groups is 2. The van der Waals surface area contributed by atoms with E-state index in [4.69, 9.17) is 19.4 Å². The molecule has 0 aliphatic carbocycles. The molecule has 5 aromatic rings. The van der Waals surface area contributed by atoms with Crippen LogP contribution in [-0.4, -0.2) is 85.7 Å². The summed E-state index contributed by atoms with van der Waals surface area (Å²) in [6, 6.07) is 4.14. The van der Waals surface area contributed by atoms with E-state index in [1.165, 1.54) is 11.5 Å². The number of rotatable bonds is 14. The molecule has 0 bridgehead atoms. The van der Waals surface area contributed by atoms with Crippen LogP contribution in [0.1, 0.15) is 79.3 Å². The number of nitrogens with one attached hydrogen (secondary N) is 3. The van der Waals surface area contributed by atoms with Gasteiger partial charge in [0.05, 0.1) is 28.2 Å². The molecule has 0 spiro atoms. The van der Waals surface area contributed by atoms with Crippen LogP contribution < -0.4 is 16.0 Å². The van der Waals surface area contributed by atoms with Crippen LogP contribution in [0.25, 0.3) is 22.3 Å².